The molecule has 2 aromatic carbocycles. The SMILES string of the molecule is CSc1cccc(NC(=O)CC(C)S(=O)(=O)c2cc3c(cc2C)NC(=O)CO3)c1. The Morgan fingerprint density at radius 2 is 2.07 bits per heavy atom. The number of hydrogen-bond donors (Lipinski definition) is 2. The average molecular weight is 435 g/mol. The number of amides is 2. The summed E-state index contributed by atoms with van der Waals surface area (Å²) in [6.07, 6.45) is 1.76. The maximum absolute atomic E-state index is 13.1. The standard InChI is InChI=1S/C20H22N2O5S2/c1-12-7-16-17(27-11-20(24)22-16)10-18(12)29(25,26)13(2)8-19(23)21-14-5-4-6-15(9-14)28-3/h4-7,9-10,13H,8,11H2,1-3H3,(H,21,23)(H,22,24). The highest BCUT2D eigenvalue weighted by atomic mass is 32.2. The van der Waals surface area contributed by atoms with E-state index in [0.717, 1.165) is 4.90 Å². The Bertz CT molecular complexity index is 1070. The van der Waals surface area contributed by atoms with Crippen LogP contribution in [0.25, 0.3) is 0 Å². The molecule has 1 unspecified atom stereocenters. The number of hydrogen-bond acceptors (Lipinski definition) is 6. The highest BCUT2D eigenvalue weighted by Gasteiger charge is 2.29. The average Bonchev–Trinajstić information content (AvgIpc) is 2.67. The summed E-state index contributed by atoms with van der Waals surface area (Å²) in [6, 6.07) is 10.3. The molecule has 0 aromatic heterocycles. The Kier molecular flexibility index (Phi) is 6.18. The van der Waals surface area contributed by atoms with E-state index < -0.39 is 15.1 Å². The van der Waals surface area contributed by atoms with Crippen molar-refractivity contribution < 1.29 is 22.7 Å². The zero-order chi connectivity index (χ0) is 21.2. The van der Waals surface area contributed by atoms with Crippen molar-refractivity contribution in [3.05, 3.63) is 42.0 Å². The maximum atomic E-state index is 13.1. The summed E-state index contributed by atoms with van der Waals surface area (Å²) in [5.41, 5.74) is 1.55. The molecule has 1 atom stereocenters. The molecule has 1 aliphatic rings. The van der Waals surface area contributed by atoms with Crippen LogP contribution in [0.2, 0.25) is 0 Å². The second-order valence-electron chi connectivity index (χ2n) is 6.79. The van der Waals surface area contributed by atoms with Gasteiger partial charge in [0.25, 0.3) is 5.91 Å². The molecule has 29 heavy (non-hydrogen) atoms. The fraction of sp³-hybridized carbons (Fsp3) is 0.300. The lowest BCUT2D eigenvalue weighted by Gasteiger charge is -2.21. The number of rotatable bonds is 6. The molecule has 2 amide bonds. The largest absolute Gasteiger partial charge is 0.482 e. The van der Waals surface area contributed by atoms with Crippen LogP contribution in [0.4, 0.5) is 11.4 Å². The van der Waals surface area contributed by atoms with Crippen LogP contribution in [0.1, 0.15) is 18.9 Å². The van der Waals surface area contributed by atoms with Gasteiger partial charge in [-0.25, -0.2) is 8.42 Å². The first-order valence-corrected chi connectivity index (χ1v) is 11.7. The topological polar surface area (TPSA) is 102 Å². The summed E-state index contributed by atoms with van der Waals surface area (Å²) in [6.45, 7) is 2.99. The lowest BCUT2D eigenvalue weighted by molar-refractivity contribution is -0.118. The van der Waals surface area contributed by atoms with Crippen LogP contribution in [-0.2, 0) is 19.4 Å². The summed E-state index contributed by atoms with van der Waals surface area (Å²) in [4.78, 5) is 24.9. The number of ether oxygens (including phenoxy) is 1. The van der Waals surface area contributed by atoms with Crippen LogP contribution in [0, 0.1) is 6.92 Å². The van der Waals surface area contributed by atoms with Gasteiger partial charge in [-0.3, -0.25) is 9.59 Å². The van der Waals surface area contributed by atoms with Gasteiger partial charge < -0.3 is 15.4 Å². The normalized spacial score (nSPS) is 14.4. The van der Waals surface area contributed by atoms with E-state index >= 15 is 0 Å². The van der Waals surface area contributed by atoms with Crippen LogP contribution < -0.4 is 15.4 Å². The van der Waals surface area contributed by atoms with E-state index in [-0.39, 0.29) is 29.7 Å². The summed E-state index contributed by atoms with van der Waals surface area (Å²) in [5, 5.41) is 4.47. The van der Waals surface area contributed by atoms with E-state index in [1.54, 1.807) is 30.8 Å². The van der Waals surface area contributed by atoms with Crippen molar-refractivity contribution in [2.45, 2.75) is 35.3 Å². The van der Waals surface area contributed by atoms with Crippen molar-refractivity contribution in [3.63, 3.8) is 0 Å². The molecule has 0 spiro atoms. The predicted octanol–water partition coefficient (Wildman–Crippen LogP) is 3.24. The number of anilines is 2. The van der Waals surface area contributed by atoms with Crippen LogP contribution in [0.5, 0.6) is 5.75 Å². The van der Waals surface area contributed by atoms with Crippen molar-refractivity contribution >= 4 is 44.8 Å². The summed E-state index contributed by atoms with van der Waals surface area (Å²) < 4.78 is 31.5. The Hall–Kier alpha value is -2.52. The maximum Gasteiger partial charge on any atom is 0.262 e. The van der Waals surface area contributed by atoms with Gasteiger partial charge >= 0.3 is 0 Å². The smallest absolute Gasteiger partial charge is 0.262 e. The van der Waals surface area contributed by atoms with Gasteiger partial charge in [0.05, 0.1) is 15.8 Å². The fourth-order valence-corrected chi connectivity index (χ4v) is 5.07. The van der Waals surface area contributed by atoms with E-state index in [4.69, 9.17) is 4.74 Å². The van der Waals surface area contributed by atoms with E-state index in [1.165, 1.54) is 13.0 Å². The molecule has 154 valence electrons. The zero-order valence-corrected chi connectivity index (χ0v) is 17.9. The van der Waals surface area contributed by atoms with Gasteiger partial charge in [0, 0.05) is 23.1 Å². The number of carbonyl (C=O) groups excluding carboxylic acids is 2. The Morgan fingerprint density at radius 3 is 2.79 bits per heavy atom. The lowest BCUT2D eigenvalue weighted by Crippen LogP contribution is -2.27. The van der Waals surface area contributed by atoms with Gasteiger partial charge in [-0.2, -0.15) is 0 Å². The Balaban J connectivity index is 1.77. The van der Waals surface area contributed by atoms with Crippen molar-refractivity contribution in [1.29, 1.82) is 0 Å². The molecular weight excluding hydrogens is 412 g/mol. The molecule has 0 saturated carbocycles. The Labute approximate surface area is 174 Å². The minimum Gasteiger partial charge on any atom is -0.482 e. The molecule has 0 saturated heterocycles. The number of sulfone groups is 1. The van der Waals surface area contributed by atoms with Crippen molar-refractivity contribution in [3.8, 4) is 5.75 Å². The van der Waals surface area contributed by atoms with Crippen LogP contribution in [-0.4, -0.2) is 38.3 Å². The molecule has 0 fully saturated rings. The van der Waals surface area contributed by atoms with E-state index in [9.17, 15) is 18.0 Å². The molecule has 2 N–H and O–H groups in total. The molecule has 0 radical (unpaired) electrons. The van der Waals surface area contributed by atoms with Crippen molar-refractivity contribution in [1.82, 2.24) is 0 Å². The first kappa shape index (κ1) is 21.2. The van der Waals surface area contributed by atoms with Gasteiger partial charge in [-0.15, -0.1) is 11.8 Å². The van der Waals surface area contributed by atoms with E-state index in [1.807, 2.05) is 24.5 Å². The number of thioether (sulfide) groups is 1. The monoisotopic (exact) mass is 434 g/mol. The quantitative estimate of drug-likeness (QED) is 0.677. The van der Waals surface area contributed by atoms with E-state index in [2.05, 4.69) is 10.6 Å². The van der Waals surface area contributed by atoms with Crippen molar-refractivity contribution in [2.24, 2.45) is 0 Å². The molecule has 1 heterocycles. The number of nitrogens with one attached hydrogen (secondary N) is 2. The molecule has 1 aliphatic heterocycles. The number of fused-ring (bicyclic) bond motifs is 1. The molecule has 3 rings (SSSR count). The molecule has 7 nitrogen and oxygen atoms in total. The summed E-state index contributed by atoms with van der Waals surface area (Å²) >= 11 is 1.55. The minimum absolute atomic E-state index is 0.0945. The van der Waals surface area contributed by atoms with E-state index in [0.29, 0.717) is 22.7 Å². The molecule has 0 aliphatic carbocycles. The highest BCUT2D eigenvalue weighted by Crippen LogP contribution is 2.34. The highest BCUT2D eigenvalue weighted by molar-refractivity contribution is 7.98. The van der Waals surface area contributed by atoms with Crippen molar-refractivity contribution in [2.75, 3.05) is 23.5 Å². The first-order valence-electron chi connectivity index (χ1n) is 8.96. The summed E-state index contributed by atoms with van der Waals surface area (Å²) in [7, 11) is -3.77. The Morgan fingerprint density at radius 1 is 1.31 bits per heavy atom. The molecule has 2 aromatic rings. The molecule has 9 heteroatoms. The number of benzene rings is 2. The zero-order valence-electron chi connectivity index (χ0n) is 16.3. The van der Waals surface area contributed by atoms with Gasteiger partial charge in [0.2, 0.25) is 5.91 Å². The van der Waals surface area contributed by atoms with Gasteiger partial charge in [-0.05, 0) is 49.9 Å². The van der Waals surface area contributed by atoms with Gasteiger partial charge in [-0.1, -0.05) is 6.07 Å². The fourth-order valence-electron chi connectivity index (χ4n) is 3.02. The second kappa shape index (κ2) is 8.46. The minimum atomic E-state index is -3.77. The number of carbonyl (C=O) groups is 2. The third-order valence-corrected chi connectivity index (χ3v) is 7.58. The first-order chi connectivity index (χ1) is 13.7. The van der Waals surface area contributed by atoms with Gasteiger partial charge in [0.15, 0.2) is 16.4 Å². The lowest BCUT2D eigenvalue weighted by atomic mass is 10.2. The summed E-state index contributed by atoms with van der Waals surface area (Å²) in [5.74, 6) is -0.360. The molecular formula is C20H22N2O5S2. The van der Waals surface area contributed by atoms with Crippen LogP contribution in [0.3, 0.4) is 0 Å². The van der Waals surface area contributed by atoms with Crippen LogP contribution in [0.15, 0.2) is 46.2 Å². The van der Waals surface area contributed by atoms with Crippen LogP contribution >= 0.6 is 11.8 Å². The second-order valence-corrected chi connectivity index (χ2v) is 10.0. The number of aryl methyl sites for hydroxylation is 1. The molecule has 0 bridgehead atoms. The third-order valence-electron chi connectivity index (χ3n) is 4.57. The third kappa shape index (κ3) is 4.73. The van der Waals surface area contributed by atoms with Gasteiger partial charge in [0.1, 0.15) is 5.75 Å². The predicted molar refractivity (Wildman–Crippen MR) is 113 cm³/mol.